The minimum Gasteiger partial charge on any atom is -0.383 e. The van der Waals surface area contributed by atoms with Crippen LogP contribution in [0.4, 0.5) is 5.69 Å². The molecule has 2 amide bonds. The number of carbonyl (C=O) groups excluding carboxylic acids is 2. The average Bonchev–Trinajstić information content (AvgIpc) is 2.69. The molecule has 6 heteroatoms. The maximum absolute atomic E-state index is 12.7. The molecule has 2 aromatic rings. The topological polar surface area (TPSA) is 80.3 Å². The monoisotopic (exact) mass is 367 g/mol. The number of benzene rings is 1. The third-order valence-corrected chi connectivity index (χ3v) is 4.85. The number of hydrogen-bond acceptors (Lipinski definition) is 4. The predicted molar refractivity (Wildman–Crippen MR) is 104 cm³/mol. The Labute approximate surface area is 159 Å². The van der Waals surface area contributed by atoms with Gasteiger partial charge in [-0.25, -0.2) is 0 Å². The van der Waals surface area contributed by atoms with Gasteiger partial charge in [0.1, 0.15) is 0 Å². The molecule has 1 heterocycles. The summed E-state index contributed by atoms with van der Waals surface area (Å²) in [6.45, 7) is 2.71. The Hall–Kier alpha value is -2.73. The standard InChI is InChI=1S/C21H25N3O3/c1-14-17(21(26)22-10-11-27-2)7-5-9-18(14)24-20(25)16-12-15-6-3-4-8-19(15)23-13-16/h5,7,9,12-13H,3-4,6,8,10-11H2,1-2H3,(H,22,26)(H,24,25). The molecule has 0 atom stereocenters. The summed E-state index contributed by atoms with van der Waals surface area (Å²) in [6, 6.07) is 7.24. The summed E-state index contributed by atoms with van der Waals surface area (Å²) in [5.74, 6) is -0.396. The minimum atomic E-state index is -0.212. The molecule has 6 nitrogen and oxygen atoms in total. The highest BCUT2D eigenvalue weighted by Crippen LogP contribution is 2.22. The van der Waals surface area contributed by atoms with Gasteiger partial charge in [-0.2, -0.15) is 0 Å². The highest BCUT2D eigenvalue weighted by atomic mass is 16.5. The summed E-state index contributed by atoms with van der Waals surface area (Å²) in [4.78, 5) is 29.5. The van der Waals surface area contributed by atoms with Gasteiger partial charge in [-0.15, -0.1) is 0 Å². The predicted octanol–water partition coefficient (Wildman–Crippen LogP) is 2.90. The van der Waals surface area contributed by atoms with E-state index in [1.807, 2.05) is 13.0 Å². The van der Waals surface area contributed by atoms with E-state index in [0.29, 0.717) is 30.0 Å². The van der Waals surface area contributed by atoms with Crippen LogP contribution in [0.3, 0.4) is 0 Å². The molecule has 0 fully saturated rings. The lowest BCUT2D eigenvalue weighted by Gasteiger charge is -2.16. The van der Waals surface area contributed by atoms with E-state index in [2.05, 4.69) is 15.6 Å². The highest BCUT2D eigenvalue weighted by molar-refractivity contribution is 6.06. The number of methoxy groups -OCH3 is 1. The molecule has 0 aliphatic heterocycles. The van der Waals surface area contributed by atoms with Crippen LogP contribution in [0, 0.1) is 6.92 Å². The summed E-state index contributed by atoms with van der Waals surface area (Å²) < 4.78 is 4.95. The molecule has 142 valence electrons. The van der Waals surface area contributed by atoms with Crippen LogP contribution in [-0.4, -0.2) is 37.1 Å². The fourth-order valence-electron chi connectivity index (χ4n) is 3.29. The molecule has 1 aromatic carbocycles. The average molecular weight is 367 g/mol. The third kappa shape index (κ3) is 4.52. The van der Waals surface area contributed by atoms with E-state index in [1.165, 1.54) is 0 Å². The Morgan fingerprint density at radius 1 is 1.19 bits per heavy atom. The van der Waals surface area contributed by atoms with Crippen LogP contribution < -0.4 is 10.6 Å². The molecule has 0 saturated heterocycles. The number of anilines is 1. The number of amides is 2. The summed E-state index contributed by atoms with van der Waals surface area (Å²) in [6.07, 6.45) is 5.88. The van der Waals surface area contributed by atoms with Crippen LogP contribution in [0.2, 0.25) is 0 Å². The zero-order chi connectivity index (χ0) is 19.2. The third-order valence-electron chi connectivity index (χ3n) is 4.85. The van der Waals surface area contributed by atoms with Gasteiger partial charge in [0.25, 0.3) is 11.8 Å². The van der Waals surface area contributed by atoms with Crippen LogP contribution in [0.25, 0.3) is 0 Å². The first-order valence-corrected chi connectivity index (χ1v) is 9.26. The molecule has 27 heavy (non-hydrogen) atoms. The molecule has 2 N–H and O–H groups in total. The summed E-state index contributed by atoms with van der Waals surface area (Å²) in [5.41, 5.74) is 4.70. The number of nitrogens with zero attached hydrogens (tertiary/aromatic N) is 1. The first-order valence-electron chi connectivity index (χ1n) is 9.26. The maximum atomic E-state index is 12.7. The molecule has 0 radical (unpaired) electrons. The van der Waals surface area contributed by atoms with E-state index in [9.17, 15) is 9.59 Å². The Kier molecular flexibility index (Phi) is 6.19. The molecule has 0 saturated carbocycles. The van der Waals surface area contributed by atoms with Gasteiger partial charge in [0, 0.05) is 36.8 Å². The second kappa shape index (κ2) is 8.77. The number of nitrogens with one attached hydrogen (secondary N) is 2. The van der Waals surface area contributed by atoms with E-state index in [-0.39, 0.29) is 11.8 Å². The normalized spacial score (nSPS) is 13.0. The summed E-state index contributed by atoms with van der Waals surface area (Å²) in [7, 11) is 1.59. The fraction of sp³-hybridized carbons (Fsp3) is 0.381. The van der Waals surface area contributed by atoms with Gasteiger partial charge in [-0.1, -0.05) is 6.07 Å². The van der Waals surface area contributed by atoms with Crippen molar-refractivity contribution in [2.24, 2.45) is 0 Å². The van der Waals surface area contributed by atoms with Gasteiger partial charge in [0.05, 0.1) is 12.2 Å². The van der Waals surface area contributed by atoms with Gasteiger partial charge in [0.15, 0.2) is 0 Å². The Morgan fingerprint density at radius 3 is 2.81 bits per heavy atom. The SMILES string of the molecule is COCCNC(=O)c1cccc(NC(=O)c2cnc3c(c2)CCCC3)c1C. The Bertz CT molecular complexity index is 849. The fourth-order valence-corrected chi connectivity index (χ4v) is 3.29. The molecule has 0 bridgehead atoms. The van der Waals surface area contributed by atoms with Crippen molar-refractivity contribution in [2.45, 2.75) is 32.6 Å². The van der Waals surface area contributed by atoms with Crippen molar-refractivity contribution in [1.29, 1.82) is 0 Å². The number of fused-ring (bicyclic) bond motifs is 1. The van der Waals surface area contributed by atoms with Gasteiger partial charge in [-0.3, -0.25) is 14.6 Å². The molecule has 1 aliphatic carbocycles. The second-order valence-electron chi connectivity index (χ2n) is 6.72. The zero-order valence-electron chi connectivity index (χ0n) is 15.8. The highest BCUT2D eigenvalue weighted by Gasteiger charge is 2.16. The van der Waals surface area contributed by atoms with E-state index < -0.39 is 0 Å². The van der Waals surface area contributed by atoms with Crippen LogP contribution in [0.5, 0.6) is 0 Å². The number of carbonyl (C=O) groups is 2. The Morgan fingerprint density at radius 2 is 2.00 bits per heavy atom. The summed E-state index contributed by atoms with van der Waals surface area (Å²) >= 11 is 0. The lowest BCUT2D eigenvalue weighted by atomic mass is 9.95. The van der Waals surface area contributed by atoms with Crippen LogP contribution in [-0.2, 0) is 17.6 Å². The molecule has 1 aromatic heterocycles. The number of hydrogen-bond donors (Lipinski definition) is 2. The van der Waals surface area contributed by atoms with Crippen LogP contribution >= 0.6 is 0 Å². The van der Waals surface area contributed by atoms with E-state index in [1.54, 1.807) is 31.5 Å². The lowest BCUT2D eigenvalue weighted by Crippen LogP contribution is -2.27. The minimum absolute atomic E-state index is 0.184. The first-order chi connectivity index (χ1) is 13.1. The van der Waals surface area contributed by atoms with Crippen LogP contribution in [0.15, 0.2) is 30.5 Å². The number of aromatic nitrogens is 1. The van der Waals surface area contributed by atoms with Crippen molar-refractivity contribution in [1.82, 2.24) is 10.3 Å². The van der Waals surface area contributed by atoms with Crippen molar-refractivity contribution in [3.63, 3.8) is 0 Å². The number of pyridine rings is 1. The summed E-state index contributed by atoms with van der Waals surface area (Å²) in [5, 5.41) is 5.71. The van der Waals surface area contributed by atoms with Crippen molar-refractivity contribution >= 4 is 17.5 Å². The van der Waals surface area contributed by atoms with E-state index >= 15 is 0 Å². The Balaban J connectivity index is 1.74. The lowest BCUT2D eigenvalue weighted by molar-refractivity contribution is 0.0935. The molecule has 0 spiro atoms. The molecular formula is C21H25N3O3. The van der Waals surface area contributed by atoms with Crippen molar-refractivity contribution in [2.75, 3.05) is 25.6 Å². The zero-order valence-corrected chi connectivity index (χ0v) is 15.8. The van der Waals surface area contributed by atoms with E-state index in [0.717, 1.165) is 42.5 Å². The van der Waals surface area contributed by atoms with Gasteiger partial charge in [0.2, 0.25) is 0 Å². The van der Waals surface area contributed by atoms with Gasteiger partial charge >= 0.3 is 0 Å². The van der Waals surface area contributed by atoms with Crippen molar-refractivity contribution < 1.29 is 14.3 Å². The van der Waals surface area contributed by atoms with E-state index in [4.69, 9.17) is 4.74 Å². The smallest absolute Gasteiger partial charge is 0.257 e. The quantitative estimate of drug-likeness (QED) is 0.770. The number of ether oxygens (including phenoxy) is 1. The first kappa shape index (κ1) is 19.0. The van der Waals surface area contributed by atoms with Crippen molar-refractivity contribution in [3.8, 4) is 0 Å². The van der Waals surface area contributed by atoms with Gasteiger partial charge < -0.3 is 15.4 Å². The maximum Gasteiger partial charge on any atom is 0.257 e. The molecular weight excluding hydrogens is 342 g/mol. The largest absolute Gasteiger partial charge is 0.383 e. The number of aryl methyl sites for hydroxylation is 2. The second-order valence-corrected chi connectivity index (χ2v) is 6.72. The molecule has 3 rings (SSSR count). The van der Waals surface area contributed by atoms with Crippen LogP contribution in [0.1, 0.15) is 50.4 Å². The molecule has 1 aliphatic rings. The molecule has 0 unspecified atom stereocenters. The van der Waals surface area contributed by atoms with Gasteiger partial charge in [-0.05, 0) is 61.9 Å². The van der Waals surface area contributed by atoms with Crippen molar-refractivity contribution in [3.05, 3.63) is 58.4 Å². The number of rotatable bonds is 6.